The molecule has 0 saturated carbocycles. The lowest BCUT2D eigenvalue weighted by Crippen LogP contribution is -2.35. The molecule has 2 aromatic heterocycles. The Morgan fingerprint density at radius 3 is 2.66 bits per heavy atom. The Bertz CT molecular complexity index is 1070. The maximum atomic E-state index is 13.5. The van der Waals surface area contributed by atoms with Crippen LogP contribution in [0, 0.1) is 26.6 Å². The van der Waals surface area contributed by atoms with E-state index < -0.39 is 5.82 Å². The number of rotatable bonds is 7. The number of fused-ring (bicyclic) bond motifs is 1. The lowest BCUT2D eigenvalue weighted by molar-refractivity contribution is -0.118. The van der Waals surface area contributed by atoms with Crippen LogP contribution in [-0.4, -0.2) is 40.6 Å². The van der Waals surface area contributed by atoms with Crippen molar-refractivity contribution in [1.82, 2.24) is 20.6 Å². The lowest BCUT2D eigenvalue weighted by atomic mass is 10.1. The third kappa shape index (κ3) is 5.10. The Hall–Kier alpha value is -2.52. The summed E-state index contributed by atoms with van der Waals surface area (Å²) in [6.07, 6.45) is 1.52. The summed E-state index contributed by atoms with van der Waals surface area (Å²) in [7, 11) is 0. The number of thioether (sulfide) groups is 1. The molecule has 0 aliphatic carbocycles. The minimum Gasteiger partial charge on any atom is -0.354 e. The van der Waals surface area contributed by atoms with Crippen LogP contribution in [0.5, 0.6) is 0 Å². The summed E-state index contributed by atoms with van der Waals surface area (Å²) in [6.45, 7) is 6.25. The number of carbonyl (C=O) groups is 2. The molecule has 0 bridgehead atoms. The van der Waals surface area contributed by atoms with E-state index in [1.54, 1.807) is 30.4 Å². The number of carbonyl (C=O) groups excluding carboxylic acids is 2. The van der Waals surface area contributed by atoms with Crippen LogP contribution in [0.2, 0.25) is 0 Å². The molecule has 2 N–H and O–H groups in total. The molecule has 0 unspecified atom stereocenters. The fourth-order valence-corrected chi connectivity index (χ4v) is 4.61. The fraction of sp³-hybridized carbons (Fsp3) is 0.300. The maximum absolute atomic E-state index is 13.5. The number of halogens is 1. The minimum absolute atomic E-state index is 0.151. The van der Waals surface area contributed by atoms with Gasteiger partial charge in [-0.15, -0.1) is 11.3 Å². The normalized spacial score (nSPS) is 10.9. The number of thiophene rings is 1. The van der Waals surface area contributed by atoms with Crippen molar-refractivity contribution in [2.75, 3.05) is 18.8 Å². The van der Waals surface area contributed by atoms with Crippen LogP contribution >= 0.6 is 23.1 Å². The van der Waals surface area contributed by atoms with Gasteiger partial charge in [0.25, 0.3) is 5.91 Å². The summed E-state index contributed by atoms with van der Waals surface area (Å²) < 4.78 is 13.5. The standard InChI is InChI=1S/C20H21FN4O2S2/c1-11-4-5-14(8-15(11)21)18(27)23-7-6-22-16(26)9-28-19-17-12(2)13(3)29-20(17)25-10-24-19/h4-5,8,10H,6-7,9H2,1-3H3,(H,22,26)(H,23,27). The van der Waals surface area contributed by atoms with E-state index in [1.165, 1.54) is 29.0 Å². The van der Waals surface area contributed by atoms with Gasteiger partial charge in [0.15, 0.2) is 0 Å². The van der Waals surface area contributed by atoms with Crippen LogP contribution in [0.3, 0.4) is 0 Å². The SMILES string of the molecule is Cc1ccc(C(=O)NCCNC(=O)CSc2ncnc3sc(C)c(C)c23)cc1F. The topological polar surface area (TPSA) is 84.0 Å². The second-order valence-electron chi connectivity index (χ2n) is 6.50. The fourth-order valence-electron chi connectivity index (χ4n) is 2.66. The number of aryl methyl sites for hydroxylation is 3. The average molecular weight is 433 g/mol. The van der Waals surface area contributed by atoms with Crippen molar-refractivity contribution in [2.24, 2.45) is 0 Å². The first-order valence-corrected chi connectivity index (χ1v) is 10.8. The quantitative estimate of drug-likeness (QED) is 0.340. The molecule has 3 rings (SSSR count). The first kappa shape index (κ1) is 21.2. The molecule has 2 amide bonds. The van der Waals surface area contributed by atoms with Gasteiger partial charge < -0.3 is 10.6 Å². The van der Waals surface area contributed by atoms with Crippen molar-refractivity contribution in [3.8, 4) is 0 Å². The lowest BCUT2D eigenvalue weighted by Gasteiger charge is -2.08. The molecule has 6 nitrogen and oxygen atoms in total. The second kappa shape index (κ2) is 9.32. The summed E-state index contributed by atoms with van der Waals surface area (Å²) in [5, 5.41) is 7.22. The summed E-state index contributed by atoms with van der Waals surface area (Å²) in [6, 6.07) is 4.33. The molecule has 3 aromatic rings. The van der Waals surface area contributed by atoms with Crippen LogP contribution in [0.1, 0.15) is 26.4 Å². The number of hydrogen-bond donors (Lipinski definition) is 2. The molecule has 29 heavy (non-hydrogen) atoms. The van der Waals surface area contributed by atoms with Crippen molar-refractivity contribution in [3.63, 3.8) is 0 Å². The Balaban J connectivity index is 1.45. The Labute approximate surface area is 176 Å². The van der Waals surface area contributed by atoms with Gasteiger partial charge in [-0.3, -0.25) is 9.59 Å². The molecule has 0 aliphatic heterocycles. The molecule has 0 aliphatic rings. The van der Waals surface area contributed by atoms with Gasteiger partial charge in [-0.25, -0.2) is 14.4 Å². The number of hydrogen-bond acceptors (Lipinski definition) is 6. The number of benzene rings is 1. The summed E-state index contributed by atoms with van der Waals surface area (Å²) in [5.74, 6) is -0.726. The highest BCUT2D eigenvalue weighted by Gasteiger charge is 2.14. The molecule has 0 fully saturated rings. The average Bonchev–Trinajstić information content (AvgIpc) is 3.00. The molecule has 1 aromatic carbocycles. The first-order valence-electron chi connectivity index (χ1n) is 9.01. The number of nitrogens with zero attached hydrogens (tertiary/aromatic N) is 2. The monoisotopic (exact) mass is 432 g/mol. The van der Waals surface area contributed by atoms with Gasteiger partial charge in [-0.05, 0) is 44.0 Å². The van der Waals surface area contributed by atoms with Gasteiger partial charge in [0.1, 0.15) is 22.0 Å². The molecule has 2 heterocycles. The van der Waals surface area contributed by atoms with Gasteiger partial charge in [0.2, 0.25) is 5.91 Å². The number of nitrogens with one attached hydrogen (secondary N) is 2. The molecule has 0 saturated heterocycles. The van der Waals surface area contributed by atoms with Crippen molar-refractivity contribution in [1.29, 1.82) is 0 Å². The molecular weight excluding hydrogens is 411 g/mol. The van der Waals surface area contributed by atoms with E-state index in [1.807, 2.05) is 13.8 Å². The molecule has 0 atom stereocenters. The Morgan fingerprint density at radius 2 is 1.90 bits per heavy atom. The van der Waals surface area contributed by atoms with Crippen molar-refractivity contribution in [2.45, 2.75) is 25.8 Å². The van der Waals surface area contributed by atoms with E-state index in [9.17, 15) is 14.0 Å². The third-order valence-electron chi connectivity index (χ3n) is 4.44. The van der Waals surface area contributed by atoms with Gasteiger partial charge in [0.05, 0.1) is 5.75 Å². The maximum Gasteiger partial charge on any atom is 0.251 e. The van der Waals surface area contributed by atoms with Crippen molar-refractivity contribution in [3.05, 3.63) is 51.9 Å². The van der Waals surface area contributed by atoms with Crippen LogP contribution in [0.15, 0.2) is 29.6 Å². The second-order valence-corrected chi connectivity index (χ2v) is 8.67. The smallest absolute Gasteiger partial charge is 0.251 e. The molecule has 152 valence electrons. The summed E-state index contributed by atoms with van der Waals surface area (Å²) in [4.78, 5) is 34.8. The minimum atomic E-state index is -0.419. The highest BCUT2D eigenvalue weighted by atomic mass is 32.2. The van der Waals surface area contributed by atoms with Gasteiger partial charge in [0, 0.05) is 28.9 Å². The van der Waals surface area contributed by atoms with E-state index in [0.29, 0.717) is 5.56 Å². The van der Waals surface area contributed by atoms with Gasteiger partial charge in [-0.1, -0.05) is 17.8 Å². The van der Waals surface area contributed by atoms with E-state index in [4.69, 9.17) is 0 Å². The highest BCUT2D eigenvalue weighted by molar-refractivity contribution is 8.00. The van der Waals surface area contributed by atoms with Gasteiger partial charge >= 0.3 is 0 Å². The van der Waals surface area contributed by atoms with Crippen LogP contribution in [0.4, 0.5) is 4.39 Å². The summed E-state index contributed by atoms with van der Waals surface area (Å²) in [5.41, 5.74) is 1.88. The Kier molecular flexibility index (Phi) is 6.81. The Morgan fingerprint density at radius 1 is 1.14 bits per heavy atom. The zero-order valence-corrected chi connectivity index (χ0v) is 18.0. The molecule has 9 heteroatoms. The van der Waals surface area contributed by atoms with E-state index in [0.717, 1.165) is 20.8 Å². The molecular formula is C20H21FN4O2S2. The first-order chi connectivity index (χ1) is 13.9. The van der Waals surface area contributed by atoms with Crippen molar-refractivity contribution < 1.29 is 14.0 Å². The number of aromatic nitrogens is 2. The van der Waals surface area contributed by atoms with Crippen molar-refractivity contribution >= 4 is 45.1 Å². The zero-order chi connectivity index (χ0) is 21.0. The van der Waals surface area contributed by atoms with E-state index >= 15 is 0 Å². The largest absolute Gasteiger partial charge is 0.354 e. The molecule has 0 radical (unpaired) electrons. The van der Waals surface area contributed by atoms with Gasteiger partial charge in [-0.2, -0.15) is 0 Å². The zero-order valence-electron chi connectivity index (χ0n) is 16.3. The van der Waals surface area contributed by atoms with E-state index in [2.05, 4.69) is 20.6 Å². The summed E-state index contributed by atoms with van der Waals surface area (Å²) >= 11 is 2.98. The predicted molar refractivity (Wildman–Crippen MR) is 114 cm³/mol. The van der Waals surface area contributed by atoms with Crippen LogP contribution in [-0.2, 0) is 4.79 Å². The predicted octanol–water partition coefficient (Wildman–Crippen LogP) is 3.39. The number of amides is 2. The van der Waals surface area contributed by atoms with Crippen LogP contribution < -0.4 is 10.6 Å². The molecule has 0 spiro atoms. The highest BCUT2D eigenvalue weighted by Crippen LogP contribution is 2.34. The van der Waals surface area contributed by atoms with E-state index in [-0.39, 0.29) is 36.2 Å². The van der Waals surface area contributed by atoms with Crippen LogP contribution in [0.25, 0.3) is 10.2 Å². The third-order valence-corrected chi connectivity index (χ3v) is 6.54.